The third kappa shape index (κ3) is 4.35. The van der Waals surface area contributed by atoms with Gasteiger partial charge in [-0.1, -0.05) is 30.3 Å². The molecule has 0 aliphatic rings. The number of thiazole rings is 1. The van der Waals surface area contributed by atoms with Crippen LogP contribution in [-0.4, -0.2) is 35.7 Å². The van der Waals surface area contributed by atoms with Crippen molar-refractivity contribution in [3.8, 4) is 10.6 Å². The lowest BCUT2D eigenvalue weighted by Gasteiger charge is -2.01. The van der Waals surface area contributed by atoms with Crippen molar-refractivity contribution in [2.75, 3.05) is 24.8 Å². The Morgan fingerprint density at radius 3 is 2.75 bits per heavy atom. The van der Waals surface area contributed by atoms with Crippen molar-refractivity contribution in [2.24, 2.45) is 0 Å². The number of hydrogen-bond donors (Lipinski definition) is 1. The van der Waals surface area contributed by atoms with Gasteiger partial charge in [0, 0.05) is 23.9 Å². The Hall–Kier alpha value is -1.33. The number of amides is 1. The molecule has 1 amide bonds. The van der Waals surface area contributed by atoms with Crippen LogP contribution >= 0.6 is 11.3 Å². The zero-order valence-corrected chi connectivity index (χ0v) is 13.4. The molecule has 2 aromatic rings. The molecule has 1 heterocycles. The van der Waals surface area contributed by atoms with E-state index in [4.69, 9.17) is 0 Å². The molecule has 3 nitrogen and oxygen atoms in total. The molecule has 20 heavy (non-hydrogen) atoms. The quantitative estimate of drug-likeness (QED) is 0.658. The van der Waals surface area contributed by atoms with Gasteiger partial charge in [0.05, 0.1) is 12.5 Å². The fourth-order valence-corrected chi connectivity index (χ4v) is 3.27. The maximum absolute atomic E-state index is 12.0. The summed E-state index contributed by atoms with van der Waals surface area (Å²) in [6.07, 6.45) is 5.46. The predicted octanol–water partition coefficient (Wildman–Crippen LogP) is 2.81. The second-order valence-corrected chi connectivity index (χ2v) is 7.94. The molecule has 0 atom stereocenters. The van der Waals surface area contributed by atoms with Crippen molar-refractivity contribution in [3.05, 3.63) is 41.4 Å². The van der Waals surface area contributed by atoms with Crippen molar-refractivity contribution >= 4 is 28.1 Å². The van der Waals surface area contributed by atoms with Crippen molar-refractivity contribution in [2.45, 2.75) is 6.42 Å². The van der Waals surface area contributed by atoms with Gasteiger partial charge in [0.1, 0.15) is 16.5 Å². The van der Waals surface area contributed by atoms with E-state index in [-0.39, 0.29) is 5.91 Å². The molecule has 0 aliphatic carbocycles. The summed E-state index contributed by atoms with van der Waals surface area (Å²) in [5.41, 5.74) is 1.57. The fraction of sp³-hybridized carbons (Fsp3) is 0.333. The number of benzene rings is 1. The maximum Gasteiger partial charge on any atom is 0.270 e. The molecule has 1 aromatic heterocycles. The minimum absolute atomic E-state index is 0.0736. The highest BCUT2D eigenvalue weighted by Gasteiger charge is 2.11. The van der Waals surface area contributed by atoms with Gasteiger partial charge in [0.25, 0.3) is 5.91 Å². The molecular weight excluding hydrogens is 288 g/mol. The van der Waals surface area contributed by atoms with Gasteiger partial charge in [-0.2, -0.15) is 0 Å². The monoisotopic (exact) mass is 307 g/mol. The average Bonchev–Trinajstić information content (AvgIpc) is 2.94. The summed E-state index contributed by atoms with van der Waals surface area (Å²) in [5.74, 6) is 1.09. The SMILES string of the molecule is C[S+](C)CCCNC(=O)c1csc(-c2ccccc2)n1. The molecule has 0 saturated carbocycles. The molecule has 0 spiro atoms. The first-order valence-electron chi connectivity index (χ1n) is 6.50. The molecule has 106 valence electrons. The Morgan fingerprint density at radius 1 is 1.30 bits per heavy atom. The third-order valence-corrected chi connectivity index (χ3v) is 4.77. The third-order valence-electron chi connectivity index (χ3n) is 2.77. The number of hydrogen-bond acceptors (Lipinski definition) is 3. The van der Waals surface area contributed by atoms with E-state index >= 15 is 0 Å². The molecule has 5 heteroatoms. The van der Waals surface area contributed by atoms with Gasteiger partial charge >= 0.3 is 0 Å². The molecule has 0 radical (unpaired) electrons. The van der Waals surface area contributed by atoms with Gasteiger partial charge in [0.2, 0.25) is 0 Å². The van der Waals surface area contributed by atoms with E-state index in [0.29, 0.717) is 16.6 Å². The zero-order valence-electron chi connectivity index (χ0n) is 11.8. The average molecular weight is 307 g/mol. The predicted molar refractivity (Wildman–Crippen MR) is 88.6 cm³/mol. The Bertz CT molecular complexity index is 552. The van der Waals surface area contributed by atoms with Gasteiger partial charge in [-0.15, -0.1) is 11.3 Å². The largest absolute Gasteiger partial charge is 0.350 e. The van der Waals surface area contributed by atoms with Gasteiger partial charge in [-0.3, -0.25) is 4.79 Å². The minimum Gasteiger partial charge on any atom is -0.350 e. The molecule has 0 aliphatic heterocycles. The lowest BCUT2D eigenvalue weighted by molar-refractivity contribution is 0.0949. The standard InChI is InChI=1S/C15H18N2OS2/c1-20(2)10-6-9-16-14(18)13-11-19-15(17-13)12-7-4-3-5-8-12/h3-5,7-8,11H,6,9-10H2,1-2H3/p+1. The normalized spacial score (nSPS) is 10.8. The van der Waals surface area contributed by atoms with E-state index in [2.05, 4.69) is 22.8 Å². The maximum atomic E-state index is 12.0. The van der Waals surface area contributed by atoms with Gasteiger partial charge < -0.3 is 5.32 Å². The van der Waals surface area contributed by atoms with E-state index in [9.17, 15) is 4.79 Å². The Kier molecular flexibility index (Phi) is 5.61. The summed E-state index contributed by atoms with van der Waals surface area (Å²) in [6.45, 7) is 0.724. The summed E-state index contributed by atoms with van der Waals surface area (Å²) >= 11 is 1.50. The van der Waals surface area contributed by atoms with Crippen molar-refractivity contribution < 1.29 is 4.79 Å². The van der Waals surface area contributed by atoms with Crippen LogP contribution in [0.5, 0.6) is 0 Å². The van der Waals surface area contributed by atoms with Crippen molar-refractivity contribution in [1.29, 1.82) is 0 Å². The number of aromatic nitrogens is 1. The smallest absolute Gasteiger partial charge is 0.270 e. The van der Waals surface area contributed by atoms with Gasteiger partial charge in [0.15, 0.2) is 0 Å². The summed E-state index contributed by atoms with van der Waals surface area (Å²) < 4.78 is 0. The van der Waals surface area contributed by atoms with Crippen LogP contribution < -0.4 is 5.32 Å². The molecule has 1 N–H and O–H groups in total. The Balaban J connectivity index is 1.90. The minimum atomic E-state index is -0.0736. The number of nitrogens with one attached hydrogen (secondary N) is 1. The van der Waals surface area contributed by atoms with Crippen LogP contribution in [0, 0.1) is 0 Å². The number of carbonyl (C=O) groups excluding carboxylic acids is 1. The van der Waals surface area contributed by atoms with E-state index in [1.165, 1.54) is 11.3 Å². The highest BCUT2D eigenvalue weighted by atomic mass is 32.2. The fourth-order valence-electron chi connectivity index (χ4n) is 1.74. The summed E-state index contributed by atoms with van der Waals surface area (Å²) in [6, 6.07) is 9.93. The van der Waals surface area contributed by atoms with E-state index in [1.54, 1.807) is 0 Å². The van der Waals surface area contributed by atoms with Crippen molar-refractivity contribution in [3.63, 3.8) is 0 Å². The second-order valence-electron chi connectivity index (χ2n) is 4.70. The Morgan fingerprint density at radius 2 is 2.05 bits per heavy atom. The molecular formula is C15H19N2OS2+. The van der Waals surface area contributed by atoms with Crippen LogP contribution in [0.4, 0.5) is 0 Å². The highest BCUT2D eigenvalue weighted by molar-refractivity contribution is 7.95. The first-order valence-corrected chi connectivity index (χ1v) is 9.59. The topological polar surface area (TPSA) is 42.0 Å². The summed E-state index contributed by atoms with van der Waals surface area (Å²) in [7, 11) is 0.440. The number of nitrogens with zero attached hydrogens (tertiary/aromatic N) is 1. The lowest BCUT2D eigenvalue weighted by atomic mass is 10.2. The van der Waals surface area contributed by atoms with Gasteiger partial charge in [-0.05, 0) is 10.9 Å². The summed E-state index contributed by atoms with van der Waals surface area (Å²) in [4.78, 5) is 16.4. The molecule has 0 saturated heterocycles. The highest BCUT2D eigenvalue weighted by Crippen LogP contribution is 2.23. The second kappa shape index (κ2) is 7.45. The lowest BCUT2D eigenvalue weighted by Crippen LogP contribution is -2.26. The molecule has 1 aromatic carbocycles. The Labute approximate surface area is 126 Å². The van der Waals surface area contributed by atoms with Crippen LogP contribution in [0.15, 0.2) is 35.7 Å². The summed E-state index contributed by atoms with van der Waals surface area (Å²) in [5, 5.41) is 5.64. The number of carbonyl (C=O) groups is 1. The zero-order chi connectivity index (χ0) is 14.4. The van der Waals surface area contributed by atoms with Crippen LogP contribution in [-0.2, 0) is 10.9 Å². The van der Waals surface area contributed by atoms with E-state index < -0.39 is 0 Å². The van der Waals surface area contributed by atoms with Crippen LogP contribution in [0.25, 0.3) is 10.6 Å². The first-order chi connectivity index (χ1) is 9.66. The molecule has 0 bridgehead atoms. The first kappa shape index (κ1) is 15.1. The van der Waals surface area contributed by atoms with Crippen molar-refractivity contribution in [1.82, 2.24) is 10.3 Å². The van der Waals surface area contributed by atoms with Crippen LogP contribution in [0.1, 0.15) is 16.9 Å². The molecule has 0 fully saturated rings. The van der Waals surface area contributed by atoms with Gasteiger partial charge in [-0.25, -0.2) is 4.98 Å². The molecule has 2 rings (SSSR count). The number of rotatable bonds is 6. The van der Waals surface area contributed by atoms with E-state index in [1.807, 2.05) is 35.7 Å². The van der Waals surface area contributed by atoms with E-state index in [0.717, 1.165) is 29.3 Å². The van der Waals surface area contributed by atoms with Crippen LogP contribution in [0.2, 0.25) is 0 Å². The van der Waals surface area contributed by atoms with Crippen LogP contribution in [0.3, 0.4) is 0 Å². The molecule has 0 unspecified atom stereocenters.